The van der Waals surface area contributed by atoms with Crippen molar-refractivity contribution in [3.05, 3.63) is 29.9 Å². The van der Waals surface area contributed by atoms with Gasteiger partial charge in [-0.1, -0.05) is 0 Å². The minimum Gasteiger partial charge on any atom is -0.334 e. The lowest BCUT2D eigenvalue weighted by Gasteiger charge is -2.24. The van der Waals surface area contributed by atoms with E-state index in [2.05, 4.69) is 37.7 Å². The maximum absolute atomic E-state index is 4.50. The monoisotopic (exact) mass is 288 g/mol. The lowest BCUT2D eigenvalue weighted by atomic mass is 10.2. The summed E-state index contributed by atoms with van der Waals surface area (Å²) in [6.07, 6.45) is 6.44. The molecule has 1 aliphatic heterocycles. The Bertz CT molecular complexity index is 599. The van der Waals surface area contributed by atoms with E-state index in [1.54, 1.807) is 0 Å². The van der Waals surface area contributed by atoms with Gasteiger partial charge in [-0.2, -0.15) is 5.10 Å². The molecule has 1 saturated heterocycles. The summed E-state index contributed by atoms with van der Waals surface area (Å²) < 4.78 is 4.27. The van der Waals surface area contributed by atoms with E-state index in [-0.39, 0.29) is 0 Å². The molecule has 3 heterocycles. The molecule has 6 nitrogen and oxygen atoms in total. The standard InChI is InChI=1S/C15H24N6/c1-4-19-9-7-16-15(19)11-20-8-5-6-14(20)10-21-13(3)17-12(2)18-21/h7,9,14H,4-6,8,10-11H2,1-3H3. The fourth-order valence-electron chi connectivity index (χ4n) is 3.21. The average Bonchev–Trinajstić information content (AvgIpc) is 3.14. The number of hydrogen-bond acceptors (Lipinski definition) is 4. The van der Waals surface area contributed by atoms with E-state index in [0.717, 1.165) is 43.7 Å². The largest absolute Gasteiger partial charge is 0.334 e. The van der Waals surface area contributed by atoms with Gasteiger partial charge in [-0.25, -0.2) is 14.6 Å². The molecule has 0 aromatic carbocycles. The van der Waals surface area contributed by atoms with Crippen LogP contribution in [-0.2, 0) is 19.6 Å². The zero-order valence-electron chi connectivity index (χ0n) is 13.2. The topological polar surface area (TPSA) is 51.8 Å². The second kappa shape index (κ2) is 5.97. The van der Waals surface area contributed by atoms with Gasteiger partial charge in [-0.15, -0.1) is 0 Å². The van der Waals surface area contributed by atoms with Crippen LogP contribution in [0.2, 0.25) is 0 Å². The fraction of sp³-hybridized carbons (Fsp3) is 0.667. The van der Waals surface area contributed by atoms with Gasteiger partial charge < -0.3 is 4.57 Å². The number of aromatic nitrogens is 5. The minimum absolute atomic E-state index is 0.534. The van der Waals surface area contributed by atoms with Crippen LogP contribution in [0.25, 0.3) is 0 Å². The van der Waals surface area contributed by atoms with E-state index in [1.165, 1.54) is 12.8 Å². The number of likely N-dealkylation sites (tertiary alicyclic amines) is 1. The first-order valence-electron chi connectivity index (χ1n) is 7.79. The van der Waals surface area contributed by atoms with E-state index < -0.39 is 0 Å². The van der Waals surface area contributed by atoms with E-state index in [9.17, 15) is 0 Å². The molecule has 1 fully saturated rings. The molecule has 0 radical (unpaired) electrons. The van der Waals surface area contributed by atoms with Crippen LogP contribution < -0.4 is 0 Å². The molecular formula is C15H24N6. The first-order valence-corrected chi connectivity index (χ1v) is 7.79. The van der Waals surface area contributed by atoms with Gasteiger partial charge in [0.05, 0.1) is 13.1 Å². The molecule has 0 saturated carbocycles. The highest BCUT2D eigenvalue weighted by Gasteiger charge is 2.26. The van der Waals surface area contributed by atoms with Crippen LogP contribution >= 0.6 is 0 Å². The lowest BCUT2D eigenvalue weighted by molar-refractivity contribution is 0.210. The Labute approximate surface area is 125 Å². The third-order valence-corrected chi connectivity index (χ3v) is 4.33. The van der Waals surface area contributed by atoms with Gasteiger partial charge in [0, 0.05) is 25.0 Å². The molecule has 0 spiro atoms. The zero-order valence-corrected chi connectivity index (χ0v) is 13.2. The highest BCUT2D eigenvalue weighted by Crippen LogP contribution is 2.21. The molecule has 1 atom stereocenters. The predicted octanol–water partition coefficient (Wildman–Crippen LogP) is 1.78. The normalized spacial score (nSPS) is 19.5. The molecular weight excluding hydrogens is 264 g/mol. The van der Waals surface area contributed by atoms with Crippen molar-refractivity contribution in [1.82, 2.24) is 29.2 Å². The Morgan fingerprint density at radius 2 is 2.19 bits per heavy atom. The summed E-state index contributed by atoms with van der Waals surface area (Å²) in [5.41, 5.74) is 0. The Kier molecular flexibility index (Phi) is 4.05. The number of rotatable bonds is 5. The van der Waals surface area contributed by atoms with Crippen molar-refractivity contribution in [3.63, 3.8) is 0 Å². The second-order valence-corrected chi connectivity index (χ2v) is 5.78. The highest BCUT2D eigenvalue weighted by molar-refractivity contribution is 4.95. The lowest BCUT2D eigenvalue weighted by Crippen LogP contribution is -2.34. The van der Waals surface area contributed by atoms with Crippen molar-refractivity contribution >= 4 is 0 Å². The smallest absolute Gasteiger partial charge is 0.147 e. The van der Waals surface area contributed by atoms with E-state index in [4.69, 9.17) is 0 Å². The van der Waals surface area contributed by atoms with Crippen LogP contribution in [0.5, 0.6) is 0 Å². The van der Waals surface area contributed by atoms with Crippen molar-refractivity contribution in [3.8, 4) is 0 Å². The molecule has 0 bridgehead atoms. The summed E-state index contributed by atoms with van der Waals surface area (Å²) in [6.45, 7) is 10.1. The third-order valence-electron chi connectivity index (χ3n) is 4.33. The molecule has 2 aromatic heterocycles. The maximum Gasteiger partial charge on any atom is 0.147 e. The number of aryl methyl sites for hydroxylation is 3. The second-order valence-electron chi connectivity index (χ2n) is 5.78. The first kappa shape index (κ1) is 14.3. The highest BCUT2D eigenvalue weighted by atomic mass is 15.4. The molecule has 0 N–H and O–H groups in total. The van der Waals surface area contributed by atoms with E-state index in [0.29, 0.717) is 6.04 Å². The molecule has 21 heavy (non-hydrogen) atoms. The van der Waals surface area contributed by atoms with Gasteiger partial charge >= 0.3 is 0 Å². The van der Waals surface area contributed by atoms with Gasteiger partial charge in [-0.05, 0) is 40.2 Å². The van der Waals surface area contributed by atoms with Crippen LogP contribution in [0.3, 0.4) is 0 Å². The Morgan fingerprint density at radius 3 is 2.90 bits per heavy atom. The number of hydrogen-bond donors (Lipinski definition) is 0. The zero-order chi connectivity index (χ0) is 14.8. The van der Waals surface area contributed by atoms with Gasteiger partial charge in [-0.3, -0.25) is 4.90 Å². The number of imidazole rings is 1. The van der Waals surface area contributed by atoms with Crippen LogP contribution in [0, 0.1) is 13.8 Å². The molecule has 6 heteroatoms. The molecule has 2 aromatic rings. The average molecular weight is 288 g/mol. The van der Waals surface area contributed by atoms with Crippen molar-refractivity contribution in [1.29, 1.82) is 0 Å². The molecule has 1 unspecified atom stereocenters. The maximum atomic E-state index is 4.50. The molecule has 114 valence electrons. The Morgan fingerprint density at radius 1 is 1.33 bits per heavy atom. The van der Waals surface area contributed by atoms with E-state index in [1.807, 2.05) is 24.7 Å². The summed E-state index contributed by atoms with van der Waals surface area (Å²) in [5, 5.41) is 4.50. The minimum atomic E-state index is 0.534. The summed E-state index contributed by atoms with van der Waals surface area (Å²) in [7, 11) is 0. The summed E-state index contributed by atoms with van der Waals surface area (Å²) in [4.78, 5) is 11.4. The quantitative estimate of drug-likeness (QED) is 0.841. The van der Waals surface area contributed by atoms with Crippen molar-refractivity contribution < 1.29 is 0 Å². The Hall–Kier alpha value is -1.69. The fourth-order valence-corrected chi connectivity index (χ4v) is 3.21. The summed E-state index contributed by atoms with van der Waals surface area (Å²) in [5.74, 6) is 3.03. The summed E-state index contributed by atoms with van der Waals surface area (Å²) >= 11 is 0. The van der Waals surface area contributed by atoms with Crippen LogP contribution in [0.15, 0.2) is 12.4 Å². The Balaban J connectivity index is 1.69. The van der Waals surface area contributed by atoms with Crippen LogP contribution in [0.4, 0.5) is 0 Å². The van der Waals surface area contributed by atoms with Crippen LogP contribution in [-0.4, -0.2) is 41.8 Å². The van der Waals surface area contributed by atoms with E-state index >= 15 is 0 Å². The predicted molar refractivity (Wildman–Crippen MR) is 80.8 cm³/mol. The van der Waals surface area contributed by atoms with Crippen molar-refractivity contribution in [2.24, 2.45) is 0 Å². The van der Waals surface area contributed by atoms with Gasteiger partial charge in [0.1, 0.15) is 17.5 Å². The van der Waals surface area contributed by atoms with Gasteiger partial charge in [0.25, 0.3) is 0 Å². The van der Waals surface area contributed by atoms with Crippen molar-refractivity contribution in [2.75, 3.05) is 6.54 Å². The first-order chi connectivity index (χ1) is 10.2. The van der Waals surface area contributed by atoms with Crippen molar-refractivity contribution in [2.45, 2.75) is 59.3 Å². The number of nitrogens with zero attached hydrogens (tertiary/aromatic N) is 6. The van der Waals surface area contributed by atoms with Gasteiger partial charge in [0.2, 0.25) is 0 Å². The van der Waals surface area contributed by atoms with Gasteiger partial charge in [0.15, 0.2) is 0 Å². The molecule has 0 amide bonds. The third kappa shape index (κ3) is 3.00. The molecule has 0 aliphatic carbocycles. The van der Waals surface area contributed by atoms with Crippen LogP contribution in [0.1, 0.15) is 37.2 Å². The molecule has 3 rings (SSSR count). The molecule has 1 aliphatic rings. The SMILES string of the molecule is CCn1ccnc1CN1CCCC1Cn1nc(C)nc1C. The summed E-state index contributed by atoms with van der Waals surface area (Å²) in [6, 6.07) is 0.534.